The molecule has 1 atom stereocenters. The molecule has 2 aromatic rings. The molecule has 0 aliphatic heterocycles. The van der Waals surface area contributed by atoms with Crippen LogP contribution in [0.1, 0.15) is 37.7 Å². The van der Waals surface area contributed by atoms with E-state index in [1.165, 1.54) is 55.2 Å². The summed E-state index contributed by atoms with van der Waals surface area (Å²) in [5, 5.41) is 31.6. The van der Waals surface area contributed by atoms with Crippen LogP contribution in [-0.2, 0) is 0 Å². The van der Waals surface area contributed by atoms with E-state index in [2.05, 4.69) is 21.6 Å². The van der Waals surface area contributed by atoms with E-state index < -0.39 is 6.10 Å². The second-order valence-electron chi connectivity index (χ2n) is 6.26. The molecule has 3 rings (SSSR count). The van der Waals surface area contributed by atoms with Crippen LogP contribution in [0, 0.1) is 11.3 Å². The van der Waals surface area contributed by atoms with Crippen LogP contribution in [0.4, 0.5) is 5.13 Å². The lowest BCUT2D eigenvalue weighted by atomic mass is 9.96. The number of thioether (sulfide) groups is 1. The van der Waals surface area contributed by atoms with E-state index in [1.807, 2.05) is 0 Å². The minimum atomic E-state index is -0.603. The third-order valence-electron chi connectivity index (χ3n) is 4.16. The van der Waals surface area contributed by atoms with Crippen LogP contribution >= 0.6 is 23.1 Å². The van der Waals surface area contributed by atoms with Gasteiger partial charge in [-0.25, -0.2) is 0 Å². The fourth-order valence-corrected chi connectivity index (χ4v) is 4.54. The van der Waals surface area contributed by atoms with Gasteiger partial charge in [0.25, 0.3) is 0 Å². The second-order valence-corrected chi connectivity index (χ2v) is 8.51. The number of rotatable bonds is 8. The fourth-order valence-electron chi connectivity index (χ4n) is 2.78. The average Bonchev–Trinajstić information content (AvgIpc) is 3.13. The number of aliphatic hydroxyl groups is 1. The lowest BCUT2D eigenvalue weighted by Crippen LogP contribution is -2.21. The number of benzene rings is 1. The SMILES string of the molecule is N#Cc1ccc(OCC(O)CSc2nnc(NC3CCCCC3)s2)cc1. The van der Waals surface area contributed by atoms with Crippen LogP contribution < -0.4 is 10.1 Å². The molecule has 1 unspecified atom stereocenters. The molecule has 26 heavy (non-hydrogen) atoms. The quantitative estimate of drug-likeness (QED) is 0.664. The van der Waals surface area contributed by atoms with Gasteiger partial charge in [0.2, 0.25) is 5.13 Å². The molecule has 1 aliphatic rings. The van der Waals surface area contributed by atoms with Crippen LogP contribution in [0.25, 0.3) is 0 Å². The minimum absolute atomic E-state index is 0.199. The largest absolute Gasteiger partial charge is 0.491 e. The highest BCUT2D eigenvalue weighted by atomic mass is 32.2. The van der Waals surface area contributed by atoms with Crippen molar-refractivity contribution in [2.75, 3.05) is 17.7 Å². The number of aliphatic hydroxyl groups excluding tert-OH is 1. The summed E-state index contributed by atoms with van der Waals surface area (Å²) < 4.78 is 6.39. The van der Waals surface area contributed by atoms with Gasteiger partial charge >= 0.3 is 0 Å². The summed E-state index contributed by atoms with van der Waals surface area (Å²) in [6.07, 6.45) is 5.69. The van der Waals surface area contributed by atoms with Crippen molar-refractivity contribution < 1.29 is 9.84 Å². The maximum absolute atomic E-state index is 10.1. The lowest BCUT2D eigenvalue weighted by Gasteiger charge is -2.21. The normalized spacial score (nSPS) is 16.0. The molecule has 1 aromatic heterocycles. The Morgan fingerprint density at radius 1 is 1.27 bits per heavy atom. The van der Waals surface area contributed by atoms with Gasteiger partial charge in [0, 0.05) is 11.8 Å². The summed E-state index contributed by atoms with van der Waals surface area (Å²) in [4.78, 5) is 0. The third kappa shape index (κ3) is 5.87. The average molecular weight is 391 g/mol. The van der Waals surface area contributed by atoms with E-state index in [-0.39, 0.29) is 6.61 Å². The zero-order chi connectivity index (χ0) is 18.2. The van der Waals surface area contributed by atoms with Gasteiger partial charge in [-0.2, -0.15) is 5.26 Å². The van der Waals surface area contributed by atoms with Gasteiger partial charge in [-0.1, -0.05) is 42.4 Å². The van der Waals surface area contributed by atoms with Crippen molar-refractivity contribution >= 4 is 28.2 Å². The van der Waals surface area contributed by atoms with Gasteiger partial charge in [0.15, 0.2) is 4.34 Å². The van der Waals surface area contributed by atoms with Crippen molar-refractivity contribution in [2.24, 2.45) is 0 Å². The number of anilines is 1. The van der Waals surface area contributed by atoms with Gasteiger partial charge in [0.05, 0.1) is 17.7 Å². The Kier molecular flexibility index (Phi) is 7.12. The highest BCUT2D eigenvalue weighted by Crippen LogP contribution is 2.28. The third-order valence-corrected chi connectivity index (χ3v) is 6.30. The molecular weight excluding hydrogens is 368 g/mol. The van der Waals surface area contributed by atoms with E-state index >= 15 is 0 Å². The zero-order valence-electron chi connectivity index (χ0n) is 14.4. The molecular formula is C18H22N4O2S2. The van der Waals surface area contributed by atoms with Crippen LogP contribution in [0.5, 0.6) is 5.75 Å². The van der Waals surface area contributed by atoms with Gasteiger partial charge in [0.1, 0.15) is 12.4 Å². The predicted octanol–water partition coefficient (Wildman–Crippen LogP) is 3.69. The van der Waals surface area contributed by atoms with E-state index in [4.69, 9.17) is 10.00 Å². The van der Waals surface area contributed by atoms with E-state index in [1.54, 1.807) is 24.3 Å². The Hall–Kier alpha value is -1.82. The van der Waals surface area contributed by atoms with Gasteiger partial charge in [-0.05, 0) is 37.1 Å². The highest BCUT2D eigenvalue weighted by molar-refractivity contribution is 8.01. The summed E-state index contributed by atoms with van der Waals surface area (Å²) in [5.41, 5.74) is 0.586. The first-order chi connectivity index (χ1) is 12.7. The summed E-state index contributed by atoms with van der Waals surface area (Å²) >= 11 is 3.02. The molecule has 1 fully saturated rings. The van der Waals surface area contributed by atoms with E-state index in [0.29, 0.717) is 23.1 Å². The predicted molar refractivity (Wildman–Crippen MR) is 104 cm³/mol. The van der Waals surface area contributed by atoms with Gasteiger partial charge < -0.3 is 15.2 Å². The molecule has 138 valence electrons. The molecule has 8 heteroatoms. The van der Waals surface area contributed by atoms with Crippen molar-refractivity contribution in [3.8, 4) is 11.8 Å². The number of hydrogen-bond donors (Lipinski definition) is 2. The number of hydrogen-bond acceptors (Lipinski definition) is 8. The molecule has 6 nitrogen and oxygen atoms in total. The first-order valence-electron chi connectivity index (χ1n) is 8.77. The molecule has 0 radical (unpaired) electrons. The van der Waals surface area contributed by atoms with Gasteiger partial charge in [-0.15, -0.1) is 10.2 Å². The lowest BCUT2D eigenvalue weighted by molar-refractivity contribution is 0.126. The Morgan fingerprint density at radius 2 is 2.04 bits per heavy atom. The first-order valence-corrected chi connectivity index (χ1v) is 10.6. The number of nitrogens with one attached hydrogen (secondary N) is 1. The molecule has 0 spiro atoms. The number of ether oxygens (including phenoxy) is 1. The maximum Gasteiger partial charge on any atom is 0.206 e. The van der Waals surface area contributed by atoms with Crippen LogP contribution in [-0.4, -0.2) is 39.8 Å². The molecule has 1 aliphatic carbocycles. The number of nitrogens with zero attached hydrogens (tertiary/aromatic N) is 3. The highest BCUT2D eigenvalue weighted by Gasteiger charge is 2.16. The van der Waals surface area contributed by atoms with E-state index in [0.717, 1.165) is 9.47 Å². The summed E-state index contributed by atoms with van der Waals surface area (Å²) in [6.45, 7) is 0.199. The molecule has 2 N–H and O–H groups in total. The molecule has 0 amide bonds. The Labute approximate surface area is 161 Å². The molecule has 1 aromatic carbocycles. The standard InChI is InChI=1S/C18H22N4O2S2/c19-10-13-6-8-16(9-7-13)24-11-15(23)12-25-18-22-21-17(26-18)20-14-4-2-1-3-5-14/h6-9,14-15,23H,1-5,11-12H2,(H,20,21). The molecule has 0 bridgehead atoms. The Bertz CT molecular complexity index is 724. The maximum atomic E-state index is 10.1. The van der Waals surface area contributed by atoms with Crippen molar-refractivity contribution in [1.82, 2.24) is 10.2 Å². The van der Waals surface area contributed by atoms with E-state index in [9.17, 15) is 5.11 Å². The Balaban J connectivity index is 1.38. The molecule has 0 saturated heterocycles. The summed E-state index contributed by atoms with van der Waals surface area (Å²) in [7, 11) is 0. The van der Waals surface area contributed by atoms with Crippen molar-refractivity contribution in [3.63, 3.8) is 0 Å². The minimum Gasteiger partial charge on any atom is -0.491 e. The number of aromatic nitrogens is 2. The van der Waals surface area contributed by atoms with Crippen LogP contribution in [0.15, 0.2) is 28.6 Å². The fraction of sp³-hybridized carbons (Fsp3) is 0.500. The zero-order valence-corrected chi connectivity index (χ0v) is 16.1. The molecule has 1 heterocycles. The van der Waals surface area contributed by atoms with Crippen molar-refractivity contribution in [3.05, 3.63) is 29.8 Å². The Morgan fingerprint density at radius 3 is 2.77 bits per heavy atom. The first kappa shape index (κ1) is 19.0. The monoisotopic (exact) mass is 390 g/mol. The molecule has 1 saturated carbocycles. The smallest absolute Gasteiger partial charge is 0.206 e. The topological polar surface area (TPSA) is 91.1 Å². The van der Waals surface area contributed by atoms with Crippen LogP contribution in [0.3, 0.4) is 0 Å². The van der Waals surface area contributed by atoms with Crippen LogP contribution in [0.2, 0.25) is 0 Å². The van der Waals surface area contributed by atoms with Crippen molar-refractivity contribution in [2.45, 2.75) is 48.6 Å². The van der Waals surface area contributed by atoms with Crippen molar-refractivity contribution in [1.29, 1.82) is 5.26 Å². The number of nitriles is 1. The second kappa shape index (κ2) is 9.76. The summed E-state index contributed by atoms with van der Waals surface area (Å²) in [6, 6.07) is 9.42. The summed E-state index contributed by atoms with van der Waals surface area (Å²) in [5.74, 6) is 1.14. The van der Waals surface area contributed by atoms with Gasteiger partial charge in [-0.3, -0.25) is 0 Å².